The molecule has 1 aromatic rings. The van der Waals surface area contributed by atoms with Crippen molar-refractivity contribution >= 4 is 0 Å². The molecule has 1 unspecified atom stereocenters. The molecule has 0 aliphatic rings. The van der Waals surface area contributed by atoms with Gasteiger partial charge in [0, 0.05) is 5.56 Å². The van der Waals surface area contributed by atoms with Crippen molar-refractivity contribution in [3.63, 3.8) is 0 Å². The van der Waals surface area contributed by atoms with Gasteiger partial charge in [0.15, 0.2) is 0 Å². The number of rotatable bonds is 5. The molecule has 16 heavy (non-hydrogen) atoms. The number of hydrogen-bond donors (Lipinski definition) is 1. The SMILES string of the molecule is COc1ccc(C)cc1C(O)COC(C)C. The van der Waals surface area contributed by atoms with Crippen LogP contribution in [0.5, 0.6) is 5.75 Å². The van der Waals surface area contributed by atoms with Crippen LogP contribution in [0.15, 0.2) is 18.2 Å². The lowest BCUT2D eigenvalue weighted by molar-refractivity contribution is 0.00407. The highest BCUT2D eigenvalue weighted by molar-refractivity contribution is 5.38. The molecular formula is C13H20O3. The minimum Gasteiger partial charge on any atom is -0.496 e. The normalized spacial score (nSPS) is 12.9. The van der Waals surface area contributed by atoms with Gasteiger partial charge in [-0.15, -0.1) is 0 Å². The molecule has 1 atom stereocenters. The highest BCUT2D eigenvalue weighted by Crippen LogP contribution is 2.26. The zero-order chi connectivity index (χ0) is 12.1. The summed E-state index contributed by atoms with van der Waals surface area (Å²) in [5.74, 6) is 0.699. The number of aliphatic hydroxyl groups is 1. The highest BCUT2D eigenvalue weighted by Gasteiger charge is 2.14. The van der Waals surface area contributed by atoms with Gasteiger partial charge in [0.25, 0.3) is 0 Å². The molecular weight excluding hydrogens is 204 g/mol. The Labute approximate surface area is 97.0 Å². The largest absolute Gasteiger partial charge is 0.496 e. The molecule has 1 rings (SSSR count). The van der Waals surface area contributed by atoms with Crippen LogP contribution in [0.25, 0.3) is 0 Å². The van der Waals surface area contributed by atoms with E-state index in [0.717, 1.165) is 11.1 Å². The van der Waals surface area contributed by atoms with E-state index in [1.165, 1.54) is 0 Å². The smallest absolute Gasteiger partial charge is 0.124 e. The van der Waals surface area contributed by atoms with Gasteiger partial charge in [0.05, 0.1) is 19.8 Å². The summed E-state index contributed by atoms with van der Waals surface area (Å²) in [5, 5.41) is 10.0. The van der Waals surface area contributed by atoms with Crippen LogP contribution in [-0.2, 0) is 4.74 Å². The fourth-order valence-electron chi connectivity index (χ4n) is 1.49. The first-order chi connectivity index (χ1) is 7.54. The molecule has 0 saturated heterocycles. The summed E-state index contributed by atoms with van der Waals surface area (Å²) in [7, 11) is 1.60. The number of ether oxygens (including phenoxy) is 2. The quantitative estimate of drug-likeness (QED) is 0.835. The Morgan fingerprint density at radius 3 is 2.56 bits per heavy atom. The first-order valence-electron chi connectivity index (χ1n) is 5.48. The van der Waals surface area contributed by atoms with E-state index < -0.39 is 6.10 Å². The fraction of sp³-hybridized carbons (Fsp3) is 0.538. The van der Waals surface area contributed by atoms with E-state index in [0.29, 0.717) is 5.75 Å². The second-order valence-corrected chi connectivity index (χ2v) is 4.14. The average Bonchev–Trinajstić information content (AvgIpc) is 2.25. The molecule has 0 bridgehead atoms. The van der Waals surface area contributed by atoms with Crippen LogP contribution in [0.1, 0.15) is 31.1 Å². The van der Waals surface area contributed by atoms with E-state index in [2.05, 4.69) is 0 Å². The van der Waals surface area contributed by atoms with Gasteiger partial charge in [-0.1, -0.05) is 11.6 Å². The molecule has 90 valence electrons. The van der Waals surface area contributed by atoms with E-state index in [-0.39, 0.29) is 12.7 Å². The zero-order valence-corrected chi connectivity index (χ0v) is 10.4. The van der Waals surface area contributed by atoms with Crippen LogP contribution in [0.2, 0.25) is 0 Å². The summed E-state index contributed by atoms with van der Waals surface area (Å²) in [4.78, 5) is 0. The van der Waals surface area contributed by atoms with Gasteiger partial charge in [-0.25, -0.2) is 0 Å². The van der Waals surface area contributed by atoms with E-state index in [4.69, 9.17) is 9.47 Å². The Balaban J connectivity index is 2.80. The molecule has 3 nitrogen and oxygen atoms in total. The number of hydrogen-bond acceptors (Lipinski definition) is 3. The Kier molecular flexibility index (Phi) is 4.77. The molecule has 0 spiro atoms. The molecule has 0 fully saturated rings. The van der Waals surface area contributed by atoms with Gasteiger partial charge in [-0.2, -0.15) is 0 Å². The van der Waals surface area contributed by atoms with E-state index >= 15 is 0 Å². The molecule has 0 heterocycles. The van der Waals surface area contributed by atoms with Crippen LogP contribution in [0.3, 0.4) is 0 Å². The second kappa shape index (κ2) is 5.87. The maximum Gasteiger partial charge on any atom is 0.124 e. The summed E-state index contributed by atoms with van der Waals surface area (Å²) >= 11 is 0. The Morgan fingerprint density at radius 1 is 1.31 bits per heavy atom. The van der Waals surface area contributed by atoms with Crippen molar-refractivity contribution in [3.05, 3.63) is 29.3 Å². The average molecular weight is 224 g/mol. The van der Waals surface area contributed by atoms with Gasteiger partial charge >= 0.3 is 0 Å². The number of benzene rings is 1. The maximum atomic E-state index is 10.0. The third-order valence-electron chi connectivity index (χ3n) is 2.33. The van der Waals surface area contributed by atoms with Crippen molar-refractivity contribution in [3.8, 4) is 5.75 Å². The minimum atomic E-state index is -0.641. The molecule has 0 saturated carbocycles. The zero-order valence-electron chi connectivity index (χ0n) is 10.4. The van der Waals surface area contributed by atoms with Gasteiger partial charge in [0.2, 0.25) is 0 Å². The molecule has 0 aliphatic carbocycles. The monoisotopic (exact) mass is 224 g/mol. The van der Waals surface area contributed by atoms with Gasteiger partial charge < -0.3 is 14.6 Å². The Hall–Kier alpha value is -1.06. The van der Waals surface area contributed by atoms with Crippen molar-refractivity contribution in [2.24, 2.45) is 0 Å². The third-order valence-corrected chi connectivity index (χ3v) is 2.33. The molecule has 0 aromatic heterocycles. The van der Waals surface area contributed by atoms with Crippen molar-refractivity contribution in [1.29, 1.82) is 0 Å². The van der Waals surface area contributed by atoms with Crippen LogP contribution in [-0.4, -0.2) is 24.9 Å². The lowest BCUT2D eigenvalue weighted by atomic mass is 10.1. The van der Waals surface area contributed by atoms with Crippen LogP contribution >= 0.6 is 0 Å². The molecule has 3 heteroatoms. The molecule has 0 radical (unpaired) electrons. The predicted molar refractivity (Wildman–Crippen MR) is 63.8 cm³/mol. The van der Waals surface area contributed by atoms with E-state index in [1.807, 2.05) is 39.0 Å². The Bertz CT molecular complexity index is 334. The van der Waals surface area contributed by atoms with Crippen molar-refractivity contribution in [1.82, 2.24) is 0 Å². The van der Waals surface area contributed by atoms with Crippen LogP contribution in [0.4, 0.5) is 0 Å². The summed E-state index contributed by atoms with van der Waals surface area (Å²) in [6.45, 7) is 6.16. The molecule has 1 N–H and O–H groups in total. The van der Waals surface area contributed by atoms with Crippen LogP contribution < -0.4 is 4.74 Å². The van der Waals surface area contributed by atoms with Crippen molar-refractivity contribution in [2.45, 2.75) is 33.0 Å². The number of aryl methyl sites for hydroxylation is 1. The maximum absolute atomic E-state index is 10.0. The second-order valence-electron chi connectivity index (χ2n) is 4.14. The summed E-state index contributed by atoms with van der Waals surface area (Å²) in [6, 6.07) is 5.74. The lowest BCUT2D eigenvalue weighted by Crippen LogP contribution is -2.12. The Morgan fingerprint density at radius 2 is 2.00 bits per heavy atom. The standard InChI is InChI=1S/C13H20O3/c1-9(2)16-8-12(14)11-7-10(3)5-6-13(11)15-4/h5-7,9,12,14H,8H2,1-4H3. The summed E-state index contributed by atoms with van der Waals surface area (Å²) in [5.41, 5.74) is 1.88. The highest BCUT2D eigenvalue weighted by atomic mass is 16.5. The first-order valence-corrected chi connectivity index (χ1v) is 5.48. The minimum absolute atomic E-state index is 0.116. The number of aliphatic hydroxyl groups excluding tert-OH is 1. The number of methoxy groups -OCH3 is 1. The molecule has 0 amide bonds. The summed E-state index contributed by atoms with van der Waals surface area (Å²) in [6.07, 6.45) is -0.525. The van der Waals surface area contributed by atoms with Gasteiger partial charge in [-0.3, -0.25) is 0 Å². The topological polar surface area (TPSA) is 38.7 Å². The predicted octanol–water partition coefficient (Wildman–Crippen LogP) is 2.46. The van der Waals surface area contributed by atoms with Crippen molar-refractivity contribution in [2.75, 3.05) is 13.7 Å². The molecule has 0 aliphatic heterocycles. The van der Waals surface area contributed by atoms with E-state index in [1.54, 1.807) is 7.11 Å². The lowest BCUT2D eigenvalue weighted by Gasteiger charge is -2.17. The van der Waals surface area contributed by atoms with E-state index in [9.17, 15) is 5.11 Å². The summed E-state index contributed by atoms with van der Waals surface area (Å²) < 4.78 is 10.6. The molecule has 1 aromatic carbocycles. The van der Waals surface area contributed by atoms with Gasteiger partial charge in [-0.05, 0) is 32.9 Å². The third kappa shape index (κ3) is 3.51. The fourth-order valence-corrected chi connectivity index (χ4v) is 1.49. The first kappa shape index (κ1) is 13.0. The van der Waals surface area contributed by atoms with Gasteiger partial charge in [0.1, 0.15) is 11.9 Å². The van der Waals surface area contributed by atoms with Crippen LogP contribution in [0, 0.1) is 6.92 Å². The van der Waals surface area contributed by atoms with Crippen molar-refractivity contribution < 1.29 is 14.6 Å².